The highest BCUT2D eigenvalue weighted by Gasteiger charge is 2.17. The van der Waals surface area contributed by atoms with E-state index >= 15 is 0 Å². The first kappa shape index (κ1) is 15.5. The lowest BCUT2D eigenvalue weighted by Gasteiger charge is -2.17. The molecule has 0 aliphatic carbocycles. The molecule has 1 N–H and O–H groups in total. The van der Waals surface area contributed by atoms with Gasteiger partial charge in [-0.15, -0.1) is 11.3 Å². The number of hydrogen-bond donors (Lipinski definition) is 1. The molecule has 0 amide bonds. The molecule has 0 fully saturated rings. The van der Waals surface area contributed by atoms with E-state index in [-0.39, 0.29) is 12.0 Å². The van der Waals surface area contributed by atoms with E-state index in [9.17, 15) is 4.79 Å². The lowest BCUT2D eigenvalue weighted by atomic mass is 10.1. The Kier molecular flexibility index (Phi) is 4.63. The first-order valence-corrected chi connectivity index (χ1v) is 7.63. The molecule has 1 atom stereocenters. The van der Waals surface area contributed by atoms with Crippen molar-refractivity contribution in [1.82, 2.24) is 4.98 Å². The van der Waals surface area contributed by atoms with Crippen LogP contribution in [0.2, 0.25) is 0 Å². The predicted molar refractivity (Wildman–Crippen MR) is 86.1 cm³/mol. The maximum absolute atomic E-state index is 11.9. The molecule has 0 saturated carbocycles. The van der Waals surface area contributed by atoms with Crippen molar-refractivity contribution < 1.29 is 9.53 Å². The van der Waals surface area contributed by atoms with Crippen molar-refractivity contribution in [3.63, 3.8) is 0 Å². The van der Waals surface area contributed by atoms with E-state index in [4.69, 9.17) is 4.74 Å². The Labute approximate surface area is 129 Å². The lowest BCUT2D eigenvalue weighted by molar-refractivity contribution is 0.0601. The summed E-state index contributed by atoms with van der Waals surface area (Å²) in [4.78, 5) is 17.7. The van der Waals surface area contributed by atoms with Crippen molar-refractivity contribution >= 4 is 23.0 Å². The van der Waals surface area contributed by atoms with Crippen LogP contribution in [0.15, 0.2) is 18.2 Å². The second-order valence-electron chi connectivity index (χ2n) is 5.08. The summed E-state index contributed by atoms with van der Waals surface area (Å²) in [5.74, 6) is -0.334. The number of carbonyl (C=O) groups excluding carboxylic acids is 1. The number of nitrogens with one attached hydrogen (secondary N) is 1. The van der Waals surface area contributed by atoms with E-state index in [1.54, 1.807) is 11.3 Å². The highest BCUT2D eigenvalue weighted by atomic mass is 32.1. The molecule has 0 bridgehead atoms. The number of nitrogens with zero attached hydrogens (tertiary/aromatic N) is 1. The summed E-state index contributed by atoms with van der Waals surface area (Å²) < 4.78 is 4.85. The van der Waals surface area contributed by atoms with Crippen molar-refractivity contribution in [1.29, 1.82) is 0 Å². The number of rotatable bonds is 4. The van der Waals surface area contributed by atoms with E-state index < -0.39 is 0 Å². The fourth-order valence-corrected chi connectivity index (χ4v) is 3.23. The molecule has 21 heavy (non-hydrogen) atoms. The molecule has 0 spiro atoms. The third kappa shape index (κ3) is 3.42. The highest BCUT2D eigenvalue weighted by Crippen LogP contribution is 2.27. The fourth-order valence-electron chi connectivity index (χ4n) is 2.31. The maximum Gasteiger partial charge on any atom is 0.339 e. The molecular formula is C16H20N2O2S. The molecule has 2 aromatic rings. The predicted octanol–water partition coefficient (Wildman–Crippen LogP) is 4.03. The average Bonchev–Trinajstić information content (AvgIpc) is 2.78. The normalized spacial score (nSPS) is 12.0. The van der Waals surface area contributed by atoms with Gasteiger partial charge >= 0.3 is 5.97 Å². The molecule has 2 rings (SSSR count). The van der Waals surface area contributed by atoms with Crippen LogP contribution in [0.4, 0.5) is 5.69 Å². The summed E-state index contributed by atoms with van der Waals surface area (Å²) in [5, 5.41) is 4.42. The highest BCUT2D eigenvalue weighted by molar-refractivity contribution is 7.11. The molecule has 0 saturated heterocycles. The van der Waals surface area contributed by atoms with Crippen molar-refractivity contribution in [2.24, 2.45) is 0 Å². The Morgan fingerprint density at radius 3 is 2.62 bits per heavy atom. The number of thiazole rings is 1. The molecule has 1 aromatic heterocycles. The zero-order valence-electron chi connectivity index (χ0n) is 13.0. The van der Waals surface area contributed by atoms with Crippen LogP contribution in [-0.2, 0) is 4.74 Å². The van der Waals surface area contributed by atoms with Gasteiger partial charge in [0.2, 0.25) is 0 Å². The van der Waals surface area contributed by atoms with Gasteiger partial charge in [0.15, 0.2) is 0 Å². The van der Waals surface area contributed by atoms with Crippen LogP contribution in [0.5, 0.6) is 0 Å². The van der Waals surface area contributed by atoms with E-state index in [0.717, 1.165) is 22.0 Å². The fraction of sp³-hybridized carbons (Fsp3) is 0.375. The summed E-state index contributed by atoms with van der Waals surface area (Å²) >= 11 is 1.68. The Balaban J connectivity index is 2.31. The maximum atomic E-state index is 11.9. The van der Waals surface area contributed by atoms with Crippen LogP contribution in [0.3, 0.4) is 0 Å². The second kappa shape index (κ2) is 6.26. The van der Waals surface area contributed by atoms with Crippen LogP contribution in [0.1, 0.15) is 44.5 Å². The van der Waals surface area contributed by atoms with Gasteiger partial charge in [-0.05, 0) is 39.8 Å². The van der Waals surface area contributed by atoms with Gasteiger partial charge in [0.25, 0.3) is 0 Å². The summed E-state index contributed by atoms with van der Waals surface area (Å²) in [5.41, 5.74) is 3.36. The Hall–Kier alpha value is -1.88. The molecule has 0 radical (unpaired) electrons. The van der Waals surface area contributed by atoms with Crippen LogP contribution in [-0.4, -0.2) is 18.1 Å². The van der Waals surface area contributed by atoms with Gasteiger partial charge in [-0.3, -0.25) is 0 Å². The van der Waals surface area contributed by atoms with Crippen molar-refractivity contribution in [3.05, 3.63) is 44.9 Å². The number of carbonyl (C=O) groups is 1. The van der Waals surface area contributed by atoms with Crippen LogP contribution < -0.4 is 5.32 Å². The zero-order chi connectivity index (χ0) is 15.6. The minimum Gasteiger partial charge on any atom is -0.465 e. The van der Waals surface area contributed by atoms with Crippen LogP contribution in [0, 0.1) is 20.8 Å². The number of esters is 1. The molecule has 0 aliphatic rings. The molecule has 5 heteroatoms. The molecule has 1 heterocycles. The Morgan fingerprint density at radius 2 is 2.05 bits per heavy atom. The van der Waals surface area contributed by atoms with Gasteiger partial charge in [-0.25, -0.2) is 9.78 Å². The monoisotopic (exact) mass is 304 g/mol. The number of aryl methyl sites for hydroxylation is 3. The first-order valence-electron chi connectivity index (χ1n) is 6.81. The largest absolute Gasteiger partial charge is 0.465 e. The number of aromatic nitrogens is 1. The number of methoxy groups -OCH3 is 1. The summed E-state index contributed by atoms with van der Waals surface area (Å²) in [6, 6.07) is 5.74. The van der Waals surface area contributed by atoms with Crippen LogP contribution >= 0.6 is 11.3 Å². The molecular weight excluding hydrogens is 284 g/mol. The van der Waals surface area contributed by atoms with Crippen molar-refractivity contribution in [3.8, 4) is 0 Å². The van der Waals surface area contributed by atoms with Gasteiger partial charge in [0.1, 0.15) is 0 Å². The topological polar surface area (TPSA) is 51.2 Å². The zero-order valence-corrected chi connectivity index (χ0v) is 13.8. The molecule has 4 nitrogen and oxygen atoms in total. The van der Waals surface area contributed by atoms with Gasteiger partial charge in [0, 0.05) is 10.6 Å². The van der Waals surface area contributed by atoms with Gasteiger partial charge < -0.3 is 10.1 Å². The minimum absolute atomic E-state index is 0.0288. The third-order valence-electron chi connectivity index (χ3n) is 3.30. The average molecular weight is 304 g/mol. The Bertz CT molecular complexity index is 664. The Morgan fingerprint density at radius 1 is 1.33 bits per heavy atom. The quantitative estimate of drug-likeness (QED) is 0.867. The van der Waals surface area contributed by atoms with E-state index in [0.29, 0.717) is 5.56 Å². The third-order valence-corrected chi connectivity index (χ3v) is 4.20. The molecule has 1 unspecified atom stereocenters. The second-order valence-corrected chi connectivity index (χ2v) is 6.49. The molecule has 112 valence electrons. The van der Waals surface area contributed by atoms with Gasteiger partial charge in [-0.1, -0.05) is 11.6 Å². The van der Waals surface area contributed by atoms with E-state index in [1.807, 2.05) is 39.0 Å². The van der Waals surface area contributed by atoms with Gasteiger partial charge in [-0.2, -0.15) is 0 Å². The molecule has 0 aliphatic heterocycles. The SMILES string of the molecule is COC(=O)c1cc(C)ccc1NC(C)c1nc(C)sc1C. The van der Waals surface area contributed by atoms with Gasteiger partial charge in [0.05, 0.1) is 29.4 Å². The summed E-state index contributed by atoms with van der Waals surface area (Å²) in [6.07, 6.45) is 0. The van der Waals surface area contributed by atoms with Crippen molar-refractivity contribution in [2.45, 2.75) is 33.7 Å². The number of ether oxygens (including phenoxy) is 1. The number of benzene rings is 1. The minimum atomic E-state index is -0.334. The van der Waals surface area contributed by atoms with E-state index in [2.05, 4.69) is 17.2 Å². The van der Waals surface area contributed by atoms with Crippen molar-refractivity contribution in [2.75, 3.05) is 12.4 Å². The summed E-state index contributed by atoms with van der Waals surface area (Å²) in [6.45, 7) is 8.06. The first-order chi connectivity index (χ1) is 9.92. The van der Waals surface area contributed by atoms with Crippen LogP contribution in [0.25, 0.3) is 0 Å². The molecule has 1 aromatic carbocycles. The summed E-state index contributed by atoms with van der Waals surface area (Å²) in [7, 11) is 1.39. The standard InChI is InChI=1S/C16H20N2O2S/c1-9-6-7-14(13(8-9)16(19)20-5)17-10(2)15-11(3)21-12(4)18-15/h6-8,10,17H,1-5H3. The lowest BCUT2D eigenvalue weighted by Crippen LogP contribution is -2.13. The number of anilines is 1. The van der Waals surface area contributed by atoms with E-state index in [1.165, 1.54) is 12.0 Å². The number of hydrogen-bond acceptors (Lipinski definition) is 5. The smallest absolute Gasteiger partial charge is 0.339 e.